The van der Waals surface area contributed by atoms with Gasteiger partial charge in [0, 0.05) is 10.7 Å². The molecule has 0 aliphatic heterocycles. The smallest absolute Gasteiger partial charge is 0.149 e. The van der Waals surface area contributed by atoms with Crippen molar-refractivity contribution in [2.45, 2.75) is 4.90 Å². The normalized spacial score (nSPS) is 10.6. The van der Waals surface area contributed by atoms with Gasteiger partial charge in [-0.05, 0) is 42.3 Å². The summed E-state index contributed by atoms with van der Waals surface area (Å²) >= 11 is 13.1. The molecule has 0 saturated carbocycles. The van der Waals surface area contributed by atoms with Gasteiger partial charge in [0.1, 0.15) is 5.75 Å². The largest absolute Gasteiger partial charge is 0.505 e. The average Bonchev–Trinajstić information content (AvgIpc) is 3.04. The number of anilines is 1. The molecule has 1 aromatic heterocycles. The SMILES string of the molecule is Oc1c(Cl)cc(Cl)cc1SNc1cccc(-n2nccn2)c1. The first-order valence-corrected chi connectivity index (χ1v) is 7.78. The minimum absolute atomic E-state index is 0.00605. The molecule has 5 nitrogen and oxygen atoms in total. The molecular formula is C14H10Cl2N4OS. The first-order chi connectivity index (χ1) is 10.6. The molecule has 3 rings (SSSR count). The van der Waals surface area contributed by atoms with Crippen molar-refractivity contribution in [2.75, 3.05) is 4.72 Å². The minimum atomic E-state index is -0.00605. The third-order valence-corrected chi connectivity index (χ3v) is 4.14. The summed E-state index contributed by atoms with van der Waals surface area (Å²) in [6.07, 6.45) is 3.22. The lowest BCUT2D eigenvalue weighted by atomic mass is 10.3. The number of hydrogen-bond donors (Lipinski definition) is 2. The van der Waals surface area contributed by atoms with Gasteiger partial charge in [-0.1, -0.05) is 29.3 Å². The van der Waals surface area contributed by atoms with Gasteiger partial charge in [-0.2, -0.15) is 15.0 Å². The molecule has 112 valence electrons. The van der Waals surface area contributed by atoms with Gasteiger partial charge in [-0.25, -0.2) is 0 Å². The van der Waals surface area contributed by atoms with E-state index in [2.05, 4.69) is 14.9 Å². The molecule has 0 radical (unpaired) electrons. The second-order valence-corrected chi connectivity index (χ2v) is 6.00. The summed E-state index contributed by atoms with van der Waals surface area (Å²) in [7, 11) is 0. The first kappa shape index (κ1) is 15.0. The van der Waals surface area contributed by atoms with E-state index in [-0.39, 0.29) is 10.8 Å². The molecule has 0 aliphatic carbocycles. The van der Waals surface area contributed by atoms with Gasteiger partial charge < -0.3 is 9.83 Å². The van der Waals surface area contributed by atoms with Crippen molar-refractivity contribution in [3.8, 4) is 11.4 Å². The summed E-state index contributed by atoms with van der Waals surface area (Å²) in [6.45, 7) is 0. The number of nitrogens with one attached hydrogen (secondary N) is 1. The first-order valence-electron chi connectivity index (χ1n) is 6.21. The Morgan fingerprint density at radius 1 is 1.09 bits per heavy atom. The van der Waals surface area contributed by atoms with E-state index >= 15 is 0 Å². The van der Waals surface area contributed by atoms with Crippen LogP contribution in [0.2, 0.25) is 10.0 Å². The zero-order valence-electron chi connectivity index (χ0n) is 11.1. The van der Waals surface area contributed by atoms with E-state index in [0.717, 1.165) is 11.4 Å². The number of phenolic OH excluding ortho intramolecular Hbond substituents is 1. The number of hydrogen-bond acceptors (Lipinski definition) is 5. The molecule has 0 amide bonds. The number of rotatable bonds is 4. The Labute approximate surface area is 141 Å². The van der Waals surface area contributed by atoms with Crippen LogP contribution in [0.3, 0.4) is 0 Å². The third kappa shape index (κ3) is 3.30. The van der Waals surface area contributed by atoms with E-state index in [1.807, 2.05) is 24.3 Å². The zero-order chi connectivity index (χ0) is 15.5. The van der Waals surface area contributed by atoms with E-state index < -0.39 is 0 Å². The van der Waals surface area contributed by atoms with Crippen LogP contribution in [0, 0.1) is 0 Å². The maximum absolute atomic E-state index is 9.93. The maximum Gasteiger partial charge on any atom is 0.149 e. The molecule has 0 saturated heterocycles. The molecule has 2 aromatic carbocycles. The van der Waals surface area contributed by atoms with Crippen LogP contribution in [-0.2, 0) is 0 Å². The van der Waals surface area contributed by atoms with Crippen LogP contribution in [0.1, 0.15) is 0 Å². The Hall–Kier alpha value is -1.89. The lowest BCUT2D eigenvalue weighted by molar-refractivity contribution is 0.463. The highest BCUT2D eigenvalue weighted by Crippen LogP contribution is 2.37. The van der Waals surface area contributed by atoms with Gasteiger partial charge >= 0.3 is 0 Å². The summed E-state index contributed by atoms with van der Waals surface area (Å²) in [5.41, 5.74) is 1.65. The lowest BCUT2D eigenvalue weighted by Gasteiger charge is -2.09. The van der Waals surface area contributed by atoms with Gasteiger partial charge in [-0.15, -0.1) is 0 Å². The number of phenols is 1. The van der Waals surface area contributed by atoms with Crippen LogP contribution in [0.5, 0.6) is 5.75 Å². The zero-order valence-corrected chi connectivity index (χ0v) is 13.4. The Kier molecular flexibility index (Phi) is 4.42. The second kappa shape index (κ2) is 6.48. The third-order valence-electron chi connectivity index (χ3n) is 2.77. The molecule has 3 aromatic rings. The van der Waals surface area contributed by atoms with Crippen LogP contribution in [0.15, 0.2) is 53.7 Å². The quantitative estimate of drug-likeness (QED) is 0.681. The van der Waals surface area contributed by atoms with E-state index in [0.29, 0.717) is 9.92 Å². The van der Waals surface area contributed by atoms with Crippen LogP contribution in [0.25, 0.3) is 5.69 Å². The Balaban J connectivity index is 1.79. The average molecular weight is 353 g/mol. The fraction of sp³-hybridized carbons (Fsp3) is 0. The van der Waals surface area contributed by atoms with E-state index in [1.165, 1.54) is 22.8 Å². The van der Waals surface area contributed by atoms with E-state index in [9.17, 15) is 5.11 Å². The highest BCUT2D eigenvalue weighted by molar-refractivity contribution is 8.00. The Morgan fingerprint density at radius 3 is 2.64 bits per heavy atom. The number of benzene rings is 2. The van der Waals surface area contributed by atoms with Gasteiger partial charge in [0.2, 0.25) is 0 Å². The van der Waals surface area contributed by atoms with Crippen LogP contribution >= 0.6 is 35.1 Å². The van der Waals surface area contributed by atoms with Crippen LogP contribution in [-0.4, -0.2) is 20.1 Å². The number of halogens is 2. The van der Waals surface area contributed by atoms with Crippen molar-refractivity contribution >= 4 is 40.8 Å². The second-order valence-electron chi connectivity index (χ2n) is 4.31. The standard InChI is InChI=1S/C14H10Cl2N4OS/c15-9-6-12(16)14(21)13(7-9)22-19-10-2-1-3-11(8-10)20-17-4-5-18-20/h1-8,19,21H. The molecular weight excluding hydrogens is 343 g/mol. The van der Waals surface area contributed by atoms with Crippen molar-refractivity contribution in [1.82, 2.24) is 15.0 Å². The fourth-order valence-electron chi connectivity index (χ4n) is 1.78. The molecule has 0 atom stereocenters. The molecule has 22 heavy (non-hydrogen) atoms. The highest BCUT2D eigenvalue weighted by atomic mass is 35.5. The molecule has 0 aliphatic rings. The molecule has 1 heterocycles. The molecule has 0 bridgehead atoms. The van der Waals surface area contributed by atoms with Crippen molar-refractivity contribution in [2.24, 2.45) is 0 Å². The molecule has 0 unspecified atom stereocenters. The predicted octanol–water partition coefficient (Wildman–Crippen LogP) is 4.40. The Bertz CT molecular complexity index is 796. The predicted molar refractivity (Wildman–Crippen MR) is 89.0 cm³/mol. The minimum Gasteiger partial charge on any atom is -0.505 e. The summed E-state index contributed by atoms with van der Waals surface area (Å²) in [5, 5.41) is 18.8. The highest BCUT2D eigenvalue weighted by Gasteiger charge is 2.09. The Morgan fingerprint density at radius 2 is 1.86 bits per heavy atom. The molecule has 0 fully saturated rings. The van der Waals surface area contributed by atoms with Crippen molar-refractivity contribution in [1.29, 1.82) is 0 Å². The van der Waals surface area contributed by atoms with Crippen LogP contribution < -0.4 is 4.72 Å². The van der Waals surface area contributed by atoms with Crippen molar-refractivity contribution < 1.29 is 5.11 Å². The van der Waals surface area contributed by atoms with Gasteiger partial charge in [0.15, 0.2) is 0 Å². The van der Waals surface area contributed by atoms with E-state index in [1.54, 1.807) is 18.5 Å². The number of nitrogens with zero attached hydrogens (tertiary/aromatic N) is 3. The molecule has 2 N–H and O–H groups in total. The summed E-state index contributed by atoms with van der Waals surface area (Å²) in [4.78, 5) is 2.06. The van der Waals surface area contributed by atoms with Crippen LogP contribution in [0.4, 0.5) is 5.69 Å². The topological polar surface area (TPSA) is 63.0 Å². The molecule has 8 heteroatoms. The number of aromatic nitrogens is 3. The van der Waals surface area contributed by atoms with E-state index in [4.69, 9.17) is 23.2 Å². The fourth-order valence-corrected chi connectivity index (χ4v) is 3.14. The van der Waals surface area contributed by atoms with Crippen molar-refractivity contribution in [3.63, 3.8) is 0 Å². The van der Waals surface area contributed by atoms with Gasteiger partial charge in [0.05, 0.1) is 28.0 Å². The monoisotopic (exact) mass is 352 g/mol. The maximum atomic E-state index is 9.93. The summed E-state index contributed by atoms with van der Waals surface area (Å²) in [6, 6.07) is 10.7. The summed E-state index contributed by atoms with van der Waals surface area (Å²) in [5.74, 6) is -0.00605. The van der Waals surface area contributed by atoms with Gasteiger partial charge in [0.25, 0.3) is 0 Å². The summed E-state index contributed by atoms with van der Waals surface area (Å²) < 4.78 is 3.13. The van der Waals surface area contributed by atoms with Gasteiger partial charge in [-0.3, -0.25) is 0 Å². The van der Waals surface area contributed by atoms with Crippen molar-refractivity contribution in [3.05, 3.63) is 58.8 Å². The number of aromatic hydroxyl groups is 1. The lowest BCUT2D eigenvalue weighted by Crippen LogP contribution is -1.98. The molecule has 0 spiro atoms.